The number of imidazole rings is 1. The van der Waals surface area contributed by atoms with Crippen molar-refractivity contribution >= 4 is 15.7 Å². The topological polar surface area (TPSA) is 76.0 Å². The van der Waals surface area contributed by atoms with E-state index >= 15 is 0 Å². The summed E-state index contributed by atoms with van der Waals surface area (Å²) in [4.78, 5) is 4.09. The Labute approximate surface area is 162 Å². The number of hydrogen-bond acceptors (Lipinski definition) is 4. The largest absolute Gasteiger partial charge is 0.385 e. The average Bonchev–Trinajstić information content (AvgIpc) is 3.15. The standard InChI is InChI=1S/C20H30N4O2S/c1-20(2,3)27(25,26)23-17-9-7-16(8-10-17)14-22-18-5-4-6-19(13-18)24-12-11-21-15-24/h4-6,11-13,15-17,22-23H,7-10,14H2,1-3H3/t16-,17-. The molecular weight excluding hydrogens is 360 g/mol. The predicted molar refractivity (Wildman–Crippen MR) is 110 cm³/mol. The molecule has 1 heterocycles. The zero-order valence-electron chi connectivity index (χ0n) is 16.4. The Hall–Kier alpha value is -1.86. The lowest BCUT2D eigenvalue weighted by Crippen LogP contribution is -2.46. The van der Waals surface area contributed by atoms with Crippen LogP contribution < -0.4 is 10.0 Å². The first-order chi connectivity index (χ1) is 12.7. The van der Waals surface area contributed by atoms with E-state index in [1.807, 2.05) is 16.8 Å². The fourth-order valence-electron chi connectivity index (χ4n) is 3.33. The second kappa shape index (κ2) is 8.02. The molecule has 0 aliphatic heterocycles. The van der Waals surface area contributed by atoms with E-state index in [1.165, 1.54) is 0 Å². The minimum Gasteiger partial charge on any atom is -0.385 e. The first kappa shape index (κ1) is 19.9. The zero-order chi connectivity index (χ0) is 19.5. The third kappa shape index (κ3) is 5.11. The van der Waals surface area contributed by atoms with Crippen molar-refractivity contribution in [3.63, 3.8) is 0 Å². The van der Waals surface area contributed by atoms with Crippen molar-refractivity contribution in [3.05, 3.63) is 43.0 Å². The molecule has 1 aromatic carbocycles. The van der Waals surface area contributed by atoms with Crippen molar-refractivity contribution in [2.75, 3.05) is 11.9 Å². The molecule has 148 valence electrons. The van der Waals surface area contributed by atoms with Crippen molar-refractivity contribution < 1.29 is 8.42 Å². The van der Waals surface area contributed by atoms with E-state index in [9.17, 15) is 8.42 Å². The molecule has 0 radical (unpaired) electrons. The van der Waals surface area contributed by atoms with Gasteiger partial charge in [-0.05, 0) is 70.6 Å². The maximum absolute atomic E-state index is 12.3. The minimum absolute atomic E-state index is 0.0649. The highest BCUT2D eigenvalue weighted by Gasteiger charge is 2.32. The summed E-state index contributed by atoms with van der Waals surface area (Å²) < 4.78 is 28.7. The molecule has 1 saturated carbocycles. The van der Waals surface area contributed by atoms with Gasteiger partial charge < -0.3 is 9.88 Å². The third-order valence-electron chi connectivity index (χ3n) is 5.22. The summed E-state index contributed by atoms with van der Waals surface area (Å²) in [5.41, 5.74) is 2.18. The van der Waals surface area contributed by atoms with Gasteiger partial charge >= 0.3 is 0 Å². The van der Waals surface area contributed by atoms with Crippen LogP contribution in [0.2, 0.25) is 0 Å². The minimum atomic E-state index is -3.27. The number of nitrogens with one attached hydrogen (secondary N) is 2. The molecular formula is C20H30N4O2S. The van der Waals surface area contributed by atoms with Gasteiger partial charge in [-0.25, -0.2) is 18.1 Å². The summed E-state index contributed by atoms with van der Waals surface area (Å²) in [5, 5.41) is 3.53. The number of benzene rings is 1. The second-order valence-corrected chi connectivity index (χ2v) is 10.8. The molecule has 1 fully saturated rings. The summed E-state index contributed by atoms with van der Waals surface area (Å²) in [6, 6.07) is 8.35. The lowest BCUT2D eigenvalue weighted by Gasteiger charge is -2.31. The molecule has 0 bridgehead atoms. The molecule has 3 rings (SSSR count). The van der Waals surface area contributed by atoms with E-state index in [-0.39, 0.29) is 6.04 Å². The maximum atomic E-state index is 12.3. The Morgan fingerprint density at radius 3 is 2.56 bits per heavy atom. The van der Waals surface area contributed by atoms with Gasteiger partial charge in [0.05, 0.1) is 11.1 Å². The number of aromatic nitrogens is 2. The van der Waals surface area contributed by atoms with Crippen molar-refractivity contribution in [2.45, 2.75) is 57.2 Å². The van der Waals surface area contributed by atoms with Crippen LogP contribution in [0.5, 0.6) is 0 Å². The van der Waals surface area contributed by atoms with E-state index in [1.54, 1.807) is 33.3 Å². The molecule has 0 saturated heterocycles. The van der Waals surface area contributed by atoms with Crippen LogP contribution >= 0.6 is 0 Å². The van der Waals surface area contributed by atoms with Crippen LogP contribution in [0.15, 0.2) is 43.0 Å². The fourth-order valence-corrected chi connectivity index (χ4v) is 4.36. The van der Waals surface area contributed by atoms with Crippen molar-refractivity contribution in [1.29, 1.82) is 0 Å². The monoisotopic (exact) mass is 390 g/mol. The second-order valence-electron chi connectivity index (χ2n) is 8.35. The molecule has 0 atom stereocenters. The highest BCUT2D eigenvalue weighted by molar-refractivity contribution is 7.90. The summed E-state index contributed by atoms with van der Waals surface area (Å²) in [6.07, 6.45) is 9.36. The van der Waals surface area contributed by atoms with Crippen LogP contribution in [-0.4, -0.2) is 35.3 Å². The normalized spacial score (nSPS) is 21.1. The van der Waals surface area contributed by atoms with Crippen LogP contribution in [0, 0.1) is 5.92 Å². The third-order valence-corrected chi connectivity index (χ3v) is 7.47. The number of hydrogen-bond donors (Lipinski definition) is 2. The van der Waals surface area contributed by atoms with Gasteiger partial charge in [-0.3, -0.25) is 0 Å². The molecule has 6 nitrogen and oxygen atoms in total. The van der Waals surface area contributed by atoms with Gasteiger partial charge in [0.15, 0.2) is 0 Å². The highest BCUT2D eigenvalue weighted by Crippen LogP contribution is 2.27. The van der Waals surface area contributed by atoms with E-state index in [0.29, 0.717) is 5.92 Å². The van der Waals surface area contributed by atoms with Gasteiger partial charge in [-0.1, -0.05) is 6.07 Å². The number of nitrogens with zero attached hydrogens (tertiary/aromatic N) is 2. The Kier molecular flexibility index (Phi) is 5.91. The van der Waals surface area contributed by atoms with Crippen LogP contribution in [0.4, 0.5) is 5.69 Å². The van der Waals surface area contributed by atoms with Gasteiger partial charge in [-0.15, -0.1) is 0 Å². The van der Waals surface area contributed by atoms with Gasteiger partial charge in [0.25, 0.3) is 0 Å². The molecule has 1 aliphatic rings. The zero-order valence-corrected chi connectivity index (χ0v) is 17.2. The van der Waals surface area contributed by atoms with Gasteiger partial charge in [0.1, 0.15) is 0 Å². The van der Waals surface area contributed by atoms with E-state index < -0.39 is 14.8 Å². The van der Waals surface area contributed by atoms with Crippen LogP contribution in [-0.2, 0) is 10.0 Å². The first-order valence-corrected chi connectivity index (χ1v) is 11.1. The van der Waals surface area contributed by atoms with Crippen molar-refractivity contribution in [1.82, 2.24) is 14.3 Å². The van der Waals surface area contributed by atoms with Crippen molar-refractivity contribution in [2.24, 2.45) is 5.92 Å². The quantitative estimate of drug-likeness (QED) is 0.791. The Balaban J connectivity index is 1.48. The van der Waals surface area contributed by atoms with Crippen LogP contribution in [0.3, 0.4) is 0 Å². The molecule has 7 heteroatoms. The van der Waals surface area contributed by atoms with Crippen LogP contribution in [0.1, 0.15) is 46.5 Å². The van der Waals surface area contributed by atoms with E-state index in [4.69, 9.17) is 0 Å². The summed E-state index contributed by atoms with van der Waals surface area (Å²) in [5.74, 6) is 0.567. The first-order valence-electron chi connectivity index (χ1n) is 9.59. The Bertz CT molecular complexity index is 833. The Morgan fingerprint density at radius 2 is 1.93 bits per heavy atom. The number of rotatable bonds is 6. The van der Waals surface area contributed by atoms with E-state index in [0.717, 1.165) is 43.6 Å². The Morgan fingerprint density at radius 1 is 1.19 bits per heavy atom. The lowest BCUT2D eigenvalue weighted by atomic mass is 9.86. The van der Waals surface area contributed by atoms with Gasteiger partial charge in [-0.2, -0.15) is 0 Å². The summed E-state index contributed by atoms with van der Waals surface area (Å²) >= 11 is 0. The number of anilines is 1. The van der Waals surface area contributed by atoms with Crippen molar-refractivity contribution in [3.8, 4) is 5.69 Å². The predicted octanol–water partition coefficient (Wildman–Crippen LogP) is 3.56. The molecule has 0 spiro atoms. The molecule has 2 aromatic rings. The van der Waals surface area contributed by atoms with Gasteiger partial charge in [0, 0.05) is 36.4 Å². The summed E-state index contributed by atoms with van der Waals surface area (Å²) in [6.45, 7) is 6.13. The summed E-state index contributed by atoms with van der Waals surface area (Å²) in [7, 11) is -3.27. The molecule has 1 aliphatic carbocycles. The lowest BCUT2D eigenvalue weighted by molar-refractivity contribution is 0.322. The molecule has 27 heavy (non-hydrogen) atoms. The van der Waals surface area contributed by atoms with Gasteiger partial charge in [0.2, 0.25) is 10.0 Å². The van der Waals surface area contributed by atoms with E-state index in [2.05, 4.69) is 33.2 Å². The number of sulfonamides is 1. The fraction of sp³-hybridized carbons (Fsp3) is 0.550. The molecule has 1 aromatic heterocycles. The maximum Gasteiger partial charge on any atom is 0.216 e. The van der Waals surface area contributed by atoms with Crippen LogP contribution in [0.25, 0.3) is 5.69 Å². The highest BCUT2D eigenvalue weighted by atomic mass is 32.2. The molecule has 2 N–H and O–H groups in total. The SMILES string of the molecule is CC(C)(C)S(=O)(=O)N[C@H]1CC[C@H](CNc2cccc(-n3ccnc3)c2)CC1. The average molecular weight is 391 g/mol. The molecule has 0 amide bonds. The molecule has 0 unspecified atom stereocenters. The smallest absolute Gasteiger partial charge is 0.216 e.